The lowest BCUT2D eigenvalue weighted by Crippen LogP contribution is -2.13. The molecule has 0 saturated heterocycles. The van der Waals surface area contributed by atoms with Crippen molar-refractivity contribution in [2.45, 2.75) is 20.0 Å². The number of aromatic nitrogens is 3. The molecule has 4 nitrogen and oxygen atoms in total. The number of aryl methyl sites for hydroxylation is 1. The van der Waals surface area contributed by atoms with Gasteiger partial charge in [0.25, 0.3) is 0 Å². The lowest BCUT2D eigenvalue weighted by Gasteiger charge is -2.05. The van der Waals surface area contributed by atoms with E-state index in [-0.39, 0.29) is 0 Å². The fourth-order valence-corrected chi connectivity index (χ4v) is 2.96. The van der Waals surface area contributed by atoms with Gasteiger partial charge in [0.15, 0.2) is 0 Å². The molecule has 0 amide bonds. The summed E-state index contributed by atoms with van der Waals surface area (Å²) in [4.78, 5) is 4.15. The summed E-state index contributed by atoms with van der Waals surface area (Å²) in [6, 6.07) is 3.97. The van der Waals surface area contributed by atoms with E-state index in [2.05, 4.69) is 38.2 Å². The summed E-state index contributed by atoms with van der Waals surface area (Å²) in [5, 5.41) is 15.0. The molecule has 0 saturated carbocycles. The number of nitrogens with one attached hydrogen (secondary N) is 2. The molecule has 0 aliphatic heterocycles. The van der Waals surface area contributed by atoms with E-state index in [0.29, 0.717) is 0 Å². The molecule has 3 aromatic rings. The smallest absolute Gasteiger partial charge is 0.0710 e. The van der Waals surface area contributed by atoms with Gasteiger partial charge in [0, 0.05) is 36.6 Å². The van der Waals surface area contributed by atoms with Gasteiger partial charge in [0.1, 0.15) is 0 Å². The predicted octanol–water partition coefficient (Wildman–Crippen LogP) is 3.13. The standard InChI is InChI=1S/C15H16N4S/c1-11-9-20-10-14(11)7-17-6-13-8-18-19-15(13)12-3-2-4-16-5-12/h2-5,8-10,17H,6-7H2,1H3,(H,18,19). The molecule has 102 valence electrons. The zero-order valence-corrected chi connectivity index (χ0v) is 12.1. The van der Waals surface area contributed by atoms with E-state index in [1.807, 2.05) is 24.5 Å². The van der Waals surface area contributed by atoms with E-state index >= 15 is 0 Å². The predicted molar refractivity (Wildman–Crippen MR) is 81.4 cm³/mol. The van der Waals surface area contributed by atoms with Crippen LogP contribution in [-0.4, -0.2) is 15.2 Å². The Morgan fingerprint density at radius 1 is 1.20 bits per heavy atom. The summed E-state index contributed by atoms with van der Waals surface area (Å²) < 4.78 is 0. The highest BCUT2D eigenvalue weighted by molar-refractivity contribution is 7.08. The molecule has 2 N–H and O–H groups in total. The number of thiophene rings is 1. The van der Waals surface area contributed by atoms with Crippen molar-refractivity contribution in [3.05, 3.63) is 58.2 Å². The summed E-state index contributed by atoms with van der Waals surface area (Å²) in [6.45, 7) is 3.81. The molecule has 0 bridgehead atoms. The Morgan fingerprint density at radius 2 is 2.10 bits per heavy atom. The largest absolute Gasteiger partial charge is 0.308 e. The van der Waals surface area contributed by atoms with Crippen LogP contribution in [0.15, 0.2) is 41.5 Å². The maximum Gasteiger partial charge on any atom is 0.0710 e. The Labute approximate surface area is 121 Å². The minimum Gasteiger partial charge on any atom is -0.308 e. The van der Waals surface area contributed by atoms with Crippen LogP contribution in [-0.2, 0) is 13.1 Å². The summed E-state index contributed by atoms with van der Waals surface area (Å²) in [7, 11) is 0. The Bertz CT molecular complexity index is 672. The molecule has 0 radical (unpaired) electrons. The lowest BCUT2D eigenvalue weighted by atomic mass is 10.1. The average molecular weight is 284 g/mol. The molecule has 0 fully saturated rings. The van der Waals surface area contributed by atoms with Crippen molar-refractivity contribution < 1.29 is 0 Å². The fraction of sp³-hybridized carbons (Fsp3) is 0.200. The van der Waals surface area contributed by atoms with E-state index < -0.39 is 0 Å². The maximum atomic E-state index is 4.15. The first-order valence-electron chi connectivity index (χ1n) is 6.49. The molecule has 0 aliphatic carbocycles. The zero-order valence-electron chi connectivity index (χ0n) is 11.3. The topological polar surface area (TPSA) is 53.6 Å². The highest BCUT2D eigenvalue weighted by Gasteiger charge is 2.07. The van der Waals surface area contributed by atoms with Gasteiger partial charge in [-0.15, -0.1) is 0 Å². The number of aromatic amines is 1. The minimum absolute atomic E-state index is 0.788. The van der Waals surface area contributed by atoms with Gasteiger partial charge in [-0.2, -0.15) is 16.4 Å². The van der Waals surface area contributed by atoms with Crippen LogP contribution in [0.1, 0.15) is 16.7 Å². The van der Waals surface area contributed by atoms with Crippen LogP contribution in [0.4, 0.5) is 0 Å². The second kappa shape index (κ2) is 5.98. The summed E-state index contributed by atoms with van der Waals surface area (Å²) in [5.74, 6) is 0. The Kier molecular flexibility index (Phi) is 3.90. The fourth-order valence-electron chi connectivity index (χ4n) is 2.11. The summed E-state index contributed by atoms with van der Waals surface area (Å²) >= 11 is 1.75. The van der Waals surface area contributed by atoms with Gasteiger partial charge >= 0.3 is 0 Å². The first kappa shape index (κ1) is 13.0. The first-order valence-corrected chi connectivity index (χ1v) is 7.44. The van der Waals surface area contributed by atoms with E-state index in [0.717, 1.165) is 29.9 Å². The van der Waals surface area contributed by atoms with Gasteiger partial charge in [0.05, 0.1) is 11.9 Å². The molecule has 20 heavy (non-hydrogen) atoms. The third-order valence-electron chi connectivity index (χ3n) is 3.26. The van der Waals surface area contributed by atoms with E-state index in [9.17, 15) is 0 Å². The molecule has 3 aromatic heterocycles. The Morgan fingerprint density at radius 3 is 2.85 bits per heavy atom. The van der Waals surface area contributed by atoms with Gasteiger partial charge in [0.2, 0.25) is 0 Å². The normalized spacial score (nSPS) is 10.8. The van der Waals surface area contributed by atoms with Gasteiger partial charge in [-0.25, -0.2) is 0 Å². The minimum atomic E-state index is 0.788. The van der Waals surface area contributed by atoms with Crippen molar-refractivity contribution in [2.24, 2.45) is 0 Å². The van der Waals surface area contributed by atoms with Gasteiger partial charge in [-0.05, 0) is 40.9 Å². The van der Waals surface area contributed by atoms with Gasteiger partial charge in [-0.1, -0.05) is 0 Å². The third kappa shape index (κ3) is 2.79. The molecule has 3 heterocycles. The van der Waals surface area contributed by atoms with Crippen LogP contribution in [0.2, 0.25) is 0 Å². The monoisotopic (exact) mass is 284 g/mol. The van der Waals surface area contributed by atoms with E-state index in [1.54, 1.807) is 17.5 Å². The zero-order chi connectivity index (χ0) is 13.8. The highest BCUT2D eigenvalue weighted by atomic mass is 32.1. The van der Waals surface area contributed by atoms with Crippen molar-refractivity contribution in [3.8, 4) is 11.3 Å². The molecule has 0 aromatic carbocycles. The molecule has 0 unspecified atom stereocenters. The van der Waals surface area contributed by atoms with Crippen LogP contribution in [0.5, 0.6) is 0 Å². The lowest BCUT2D eigenvalue weighted by molar-refractivity contribution is 0.693. The van der Waals surface area contributed by atoms with Crippen LogP contribution in [0, 0.1) is 6.92 Å². The van der Waals surface area contributed by atoms with Crippen LogP contribution in [0.25, 0.3) is 11.3 Å². The second-order valence-corrected chi connectivity index (χ2v) is 5.44. The summed E-state index contributed by atoms with van der Waals surface area (Å²) in [5.41, 5.74) is 5.97. The number of rotatable bonds is 5. The molecular formula is C15H16N4S. The molecule has 0 spiro atoms. The van der Waals surface area contributed by atoms with Crippen LogP contribution < -0.4 is 5.32 Å². The van der Waals surface area contributed by atoms with Crippen molar-refractivity contribution in [1.82, 2.24) is 20.5 Å². The maximum absolute atomic E-state index is 4.15. The molecule has 0 atom stereocenters. The van der Waals surface area contributed by atoms with Crippen molar-refractivity contribution in [2.75, 3.05) is 0 Å². The van der Waals surface area contributed by atoms with E-state index in [1.165, 1.54) is 11.1 Å². The molecule has 0 aliphatic rings. The quantitative estimate of drug-likeness (QED) is 0.757. The van der Waals surface area contributed by atoms with Crippen molar-refractivity contribution in [1.29, 1.82) is 0 Å². The van der Waals surface area contributed by atoms with Crippen molar-refractivity contribution in [3.63, 3.8) is 0 Å². The van der Waals surface area contributed by atoms with Gasteiger partial charge in [-0.3, -0.25) is 10.1 Å². The number of H-pyrrole nitrogens is 1. The highest BCUT2D eigenvalue weighted by Crippen LogP contribution is 2.20. The average Bonchev–Trinajstić information content (AvgIpc) is 3.10. The Hall–Kier alpha value is -1.98. The van der Waals surface area contributed by atoms with Crippen LogP contribution in [0.3, 0.4) is 0 Å². The molecular weight excluding hydrogens is 268 g/mol. The number of pyridine rings is 1. The molecule has 3 rings (SSSR count). The van der Waals surface area contributed by atoms with Crippen LogP contribution >= 0.6 is 11.3 Å². The molecule has 5 heteroatoms. The number of hydrogen-bond acceptors (Lipinski definition) is 4. The SMILES string of the molecule is Cc1cscc1CNCc1cn[nH]c1-c1cccnc1. The third-order valence-corrected chi connectivity index (χ3v) is 4.17. The Balaban J connectivity index is 1.67. The second-order valence-electron chi connectivity index (χ2n) is 4.70. The van der Waals surface area contributed by atoms with Crippen molar-refractivity contribution >= 4 is 11.3 Å². The summed E-state index contributed by atoms with van der Waals surface area (Å²) in [6.07, 6.45) is 5.49. The first-order chi connectivity index (χ1) is 9.84. The number of nitrogens with zero attached hydrogens (tertiary/aromatic N) is 2. The van der Waals surface area contributed by atoms with Gasteiger partial charge < -0.3 is 5.32 Å². The van der Waals surface area contributed by atoms with E-state index in [4.69, 9.17) is 0 Å². The number of hydrogen-bond donors (Lipinski definition) is 2.